The average Bonchev–Trinajstić information content (AvgIpc) is 3.13. The zero-order valence-electron chi connectivity index (χ0n) is 13.2. The molecular formula is C18H15N2OS3+. The molecule has 120 valence electrons. The van der Waals surface area contributed by atoms with E-state index in [1.807, 2.05) is 60.3 Å². The highest BCUT2D eigenvalue weighted by atomic mass is 32.2. The molecule has 2 aromatic rings. The number of amides is 1. The number of anilines is 1. The van der Waals surface area contributed by atoms with E-state index in [9.17, 15) is 4.79 Å². The summed E-state index contributed by atoms with van der Waals surface area (Å²) < 4.78 is 2.81. The number of para-hydroxylation sites is 2. The zero-order valence-corrected chi connectivity index (χ0v) is 15.7. The second-order valence-electron chi connectivity index (χ2n) is 5.31. The Labute approximate surface area is 153 Å². The second-order valence-corrected chi connectivity index (χ2v) is 8.39. The largest absolute Gasteiger partial charge is 0.436 e. The molecular weight excluding hydrogens is 356 g/mol. The quantitative estimate of drug-likeness (QED) is 0.532. The Morgan fingerprint density at radius 3 is 2.42 bits per heavy atom. The van der Waals surface area contributed by atoms with Gasteiger partial charge in [-0.05, 0) is 18.4 Å². The lowest BCUT2D eigenvalue weighted by molar-refractivity contribution is -0.354. The van der Waals surface area contributed by atoms with Crippen LogP contribution in [0.1, 0.15) is 0 Å². The Bertz CT molecular complexity index is 890. The molecule has 0 aliphatic carbocycles. The van der Waals surface area contributed by atoms with E-state index in [0.29, 0.717) is 0 Å². The van der Waals surface area contributed by atoms with Crippen LogP contribution in [0, 0.1) is 0 Å². The van der Waals surface area contributed by atoms with Crippen molar-refractivity contribution < 1.29 is 9.37 Å². The highest BCUT2D eigenvalue weighted by Crippen LogP contribution is 2.50. The fourth-order valence-corrected chi connectivity index (χ4v) is 5.87. The zero-order chi connectivity index (χ0) is 16.7. The van der Waals surface area contributed by atoms with E-state index in [-0.39, 0.29) is 5.91 Å². The molecule has 2 aliphatic heterocycles. The van der Waals surface area contributed by atoms with Gasteiger partial charge >= 0.3 is 5.91 Å². The van der Waals surface area contributed by atoms with Crippen LogP contribution in [-0.4, -0.2) is 28.2 Å². The standard InChI is InChI=1S/C18H15N2OS3/c1-19-13-10-6-7-11-14(13)23-17(19)15-16(21)20(18(22-2)24-15)12-8-4-3-5-9-12/h3-11H,1-2H3/q+1/b17-15+. The molecule has 3 nitrogen and oxygen atoms in total. The molecule has 24 heavy (non-hydrogen) atoms. The van der Waals surface area contributed by atoms with Crippen molar-refractivity contribution >= 4 is 56.9 Å². The second kappa shape index (κ2) is 6.35. The predicted octanol–water partition coefficient (Wildman–Crippen LogP) is 4.73. The summed E-state index contributed by atoms with van der Waals surface area (Å²) in [7, 11) is 2.03. The fraction of sp³-hybridized carbons (Fsp3) is 0.111. The Hall–Kier alpha value is -1.63. The summed E-state index contributed by atoms with van der Waals surface area (Å²) in [5.41, 5.74) is 2.07. The maximum Gasteiger partial charge on any atom is 0.436 e. The molecule has 0 bridgehead atoms. The number of thioether (sulfide) groups is 3. The van der Waals surface area contributed by atoms with Crippen LogP contribution in [0.4, 0.5) is 11.4 Å². The molecule has 4 rings (SSSR count). The number of nitrogens with zero attached hydrogens (tertiary/aromatic N) is 2. The minimum Gasteiger partial charge on any atom is -0.337 e. The van der Waals surface area contributed by atoms with E-state index in [0.717, 1.165) is 25.7 Å². The molecule has 0 aromatic heterocycles. The van der Waals surface area contributed by atoms with Gasteiger partial charge in [-0.1, -0.05) is 53.9 Å². The molecule has 0 fully saturated rings. The Kier molecular flexibility index (Phi) is 4.20. The van der Waals surface area contributed by atoms with Crippen molar-refractivity contribution in [2.24, 2.45) is 0 Å². The van der Waals surface area contributed by atoms with Crippen LogP contribution >= 0.6 is 35.3 Å². The molecule has 0 unspecified atom stereocenters. The number of fused-ring (bicyclic) bond motifs is 1. The van der Waals surface area contributed by atoms with Gasteiger partial charge < -0.3 is 4.90 Å². The lowest BCUT2D eigenvalue weighted by atomic mass is 10.3. The van der Waals surface area contributed by atoms with E-state index in [2.05, 4.69) is 17.0 Å². The van der Waals surface area contributed by atoms with E-state index in [4.69, 9.17) is 0 Å². The number of carbonyl (C=O) groups is 1. The van der Waals surface area contributed by atoms with Crippen LogP contribution in [0.5, 0.6) is 0 Å². The van der Waals surface area contributed by atoms with E-state index < -0.39 is 0 Å². The SMILES string of the molecule is CSC1=[N+](c2ccccc2)C(=O)/C(=C2\Sc3ccccc3N2C)S1. The summed E-state index contributed by atoms with van der Waals surface area (Å²) in [5.74, 6) is 0.0534. The molecule has 2 aliphatic rings. The van der Waals surface area contributed by atoms with Crippen LogP contribution in [0.2, 0.25) is 0 Å². The molecule has 0 saturated heterocycles. The first-order valence-corrected chi connectivity index (χ1v) is 10.3. The highest BCUT2D eigenvalue weighted by molar-refractivity contribution is 8.40. The lowest BCUT2D eigenvalue weighted by Crippen LogP contribution is -2.17. The first kappa shape index (κ1) is 15.9. The smallest absolute Gasteiger partial charge is 0.337 e. The molecule has 2 aromatic carbocycles. The van der Waals surface area contributed by atoms with Crippen molar-refractivity contribution in [3.63, 3.8) is 0 Å². The minimum absolute atomic E-state index is 0.0534. The van der Waals surface area contributed by atoms with Crippen molar-refractivity contribution in [3.05, 3.63) is 64.5 Å². The van der Waals surface area contributed by atoms with E-state index in [1.54, 1.807) is 35.3 Å². The summed E-state index contributed by atoms with van der Waals surface area (Å²) in [5, 5.41) is 1.01. The number of carbonyl (C=O) groups excluding carboxylic acids is 1. The molecule has 0 spiro atoms. The van der Waals surface area contributed by atoms with E-state index in [1.165, 1.54) is 4.90 Å². The number of rotatable bonds is 1. The van der Waals surface area contributed by atoms with E-state index >= 15 is 0 Å². The summed E-state index contributed by atoms with van der Waals surface area (Å²) in [6.45, 7) is 0. The normalized spacial score (nSPS) is 20.1. The first-order chi connectivity index (χ1) is 11.7. The maximum absolute atomic E-state index is 13.1. The topological polar surface area (TPSA) is 23.3 Å². The Balaban J connectivity index is 1.78. The lowest BCUT2D eigenvalue weighted by Gasteiger charge is -2.13. The third kappa shape index (κ3) is 2.49. The van der Waals surface area contributed by atoms with Crippen molar-refractivity contribution in [2.45, 2.75) is 4.90 Å². The molecule has 6 heteroatoms. The first-order valence-electron chi connectivity index (χ1n) is 7.44. The van der Waals surface area contributed by atoms with Crippen molar-refractivity contribution in [2.75, 3.05) is 18.2 Å². The number of hydrogen-bond donors (Lipinski definition) is 0. The van der Waals surface area contributed by atoms with Crippen LogP contribution in [0.3, 0.4) is 0 Å². The molecule has 0 radical (unpaired) electrons. The summed E-state index contributed by atoms with van der Waals surface area (Å²) in [6, 6.07) is 18.1. The average molecular weight is 372 g/mol. The molecule has 0 atom stereocenters. The van der Waals surface area contributed by atoms with Crippen molar-refractivity contribution in [3.8, 4) is 0 Å². The van der Waals surface area contributed by atoms with Gasteiger partial charge in [-0.2, -0.15) is 0 Å². The maximum atomic E-state index is 13.1. The molecule has 0 N–H and O–H groups in total. The summed E-state index contributed by atoms with van der Waals surface area (Å²) >= 11 is 4.85. The van der Waals surface area contributed by atoms with Crippen LogP contribution in [0.25, 0.3) is 0 Å². The van der Waals surface area contributed by atoms with Gasteiger partial charge in [0.1, 0.15) is 5.03 Å². The Morgan fingerprint density at radius 1 is 1.00 bits per heavy atom. The van der Waals surface area contributed by atoms with Crippen LogP contribution in [0.15, 0.2) is 69.4 Å². The van der Waals surface area contributed by atoms with Gasteiger partial charge in [0.05, 0.1) is 5.69 Å². The van der Waals surface area contributed by atoms with Gasteiger partial charge in [0.25, 0.3) is 4.38 Å². The third-order valence-corrected chi connectivity index (χ3v) is 7.47. The van der Waals surface area contributed by atoms with Gasteiger partial charge in [0, 0.05) is 35.8 Å². The van der Waals surface area contributed by atoms with Crippen LogP contribution in [-0.2, 0) is 4.79 Å². The predicted molar refractivity (Wildman–Crippen MR) is 105 cm³/mol. The van der Waals surface area contributed by atoms with Gasteiger partial charge in [0.15, 0.2) is 4.91 Å². The number of hydrogen-bond acceptors (Lipinski definition) is 5. The van der Waals surface area contributed by atoms with Crippen molar-refractivity contribution in [1.29, 1.82) is 0 Å². The summed E-state index contributed by atoms with van der Waals surface area (Å²) in [4.78, 5) is 17.2. The Morgan fingerprint density at radius 2 is 1.71 bits per heavy atom. The minimum atomic E-state index is 0.0534. The van der Waals surface area contributed by atoms with Crippen molar-refractivity contribution in [1.82, 2.24) is 0 Å². The molecule has 2 heterocycles. The van der Waals surface area contributed by atoms with Gasteiger partial charge in [0.2, 0.25) is 5.69 Å². The van der Waals surface area contributed by atoms with Gasteiger partial charge in [-0.15, -0.1) is 4.58 Å². The number of benzene rings is 2. The van der Waals surface area contributed by atoms with Gasteiger partial charge in [-0.25, -0.2) is 4.79 Å². The highest BCUT2D eigenvalue weighted by Gasteiger charge is 2.43. The van der Waals surface area contributed by atoms with Gasteiger partial charge in [-0.3, -0.25) is 0 Å². The third-order valence-electron chi connectivity index (χ3n) is 3.89. The summed E-state index contributed by atoms with van der Waals surface area (Å²) in [6.07, 6.45) is 2.01. The fourth-order valence-electron chi connectivity index (χ4n) is 2.73. The monoisotopic (exact) mass is 371 g/mol. The van der Waals surface area contributed by atoms with Crippen LogP contribution < -0.4 is 4.90 Å². The molecule has 0 saturated carbocycles. The molecule has 1 amide bonds.